The van der Waals surface area contributed by atoms with Gasteiger partial charge in [-0.2, -0.15) is 26.3 Å². The third-order valence-electron chi connectivity index (χ3n) is 8.73. The molecule has 2 fully saturated rings. The van der Waals surface area contributed by atoms with Gasteiger partial charge in [0.05, 0.1) is 17.2 Å². The molecule has 280 valence electrons. The standard InChI is InChI=1S/C33H39F7N6O5/c1-31(2,3)51-30(50)45-12-10-20(11-13-45)27(47)41-42-28(48)46-17-25(19-6-8-23(34)9-7-19)26(18-46)44(5)29(49)43(4)24-15-21(32(35,36)37)14-22(16-24)33(38,39)40/h6-9,14-16,20,25-26H,10-13,17-18H2,1-5H3,(H,41,47)(H,42,48)/t25-,26+/m0/s1. The fraction of sp³-hybridized carbons (Fsp3) is 0.515. The molecule has 2 atom stereocenters. The number of alkyl halides is 6. The van der Waals surface area contributed by atoms with Crippen molar-refractivity contribution < 1.29 is 54.6 Å². The van der Waals surface area contributed by atoms with E-state index in [9.17, 15) is 49.9 Å². The summed E-state index contributed by atoms with van der Waals surface area (Å²) in [5.41, 5.74) is 0.673. The number of amides is 6. The van der Waals surface area contributed by atoms with Crippen LogP contribution in [0.25, 0.3) is 0 Å². The number of benzene rings is 2. The van der Waals surface area contributed by atoms with Crippen molar-refractivity contribution in [3.05, 3.63) is 65.0 Å². The van der Waals surface area contributed by atoms with Crippen LogP contribution in [0.1, 0.15) is 56.2 Å². The number of carbonyl (C=O) groups is 4. The summed E-state index contributed by atoms with van der Waals surface area (Å²) in [6.45, 7) is 5.54. The van der Waals surface area contributed by atoms with Crippen molar-refractivity contribution in [3.63, 3.8) is 0 Å². The lowest BCUT2D eigenvalue weighted by molar-refractivity contribution is -0.143. The van der Waals surface area contributed by atoms with Gasteiger partial charge in [-0.05, 0) is 69.5 Å². The molecular weight excluding hydrogens is 693 g/mol. The van der Waals surface area contributed by atoms with Crippen LogP contribution in [-0.4, -0.2) is 90.7 Å². The number of hydrogen-bond donors (Lipinski definition) is 2. The first-order chi connectivity index (χ1) is 23.5. The number of anilines is 1. The number of rotatable bonds is 4. The maximum atomic E-state index is 13.8. The first-order valence-electron chi connectivity index (χ1n) is 15.9. The summed E-state index contributed by atoms with van der Waals surface area (Å²) in [4.78, 5) is 56.5. The number of likely N-dealkylation sites (N-methyl/N-ethyl adjacent to an activating group) is 1. The number of likely N-dealkylation sites (tertiary alicyclic amines) is 2. The van der Waals surface area contributed by atoms with E-state index in [1.807, 2.05) is 0 Å². The lowest BCUT2D eigenvalue weighted by Gasteiger charge is -2.33. The van der Waals surface area contributed by atoms with Crippen LogP contribution in [0.2, 0.25) is 0 Å². The number of piperidine rings is 1. The van der Waals surface area contributed by atoms with Crippen molar-refractivity contribution in [3.8, 4) is 0 Å². The lowest BCUT2D eigenvalue weighted by atomic mass is 9.93. The fourth-order valence-electron chi connectivity index (χ4n) is 5.95. The Kier molecular flexibility index (Phi) is 11.4. The predicted molar refractivity (Wildman–Crippen MR) is 170 cm³/mol. The summed E-state index contributed by atoms with van der Waals surface area (Å²) in [6.07, 6.45) is -10.1. The third-order valence-corrected chi connectivity index (χ3v) is 8.73. The lowest BCUT2D eigenvalue weighted by Crippen LogP contribution is -2.52. The number of ether oxygens (including phenoxy) is 1. The molecule has 0 aliphatic carbocycles. The fourth-order valence-corrected chi connectivity index (χ4v) is 5.95. The molecule has 18 heteroatoms. The molecule has 2 aliphatic rings. The van der Waals surface area contributed by atoms with Crippen LogP contribution < -0.4 is 15.8 Å². The molecule has 2 aromatic carbocycles. The monoisotopic (exact) mass is 732 g/mol. The Bertz CT molecular complexity index is 1570. The van der Waals surface area contributed by atoms with E-state index >= 15 is 0 Å². The number of hydrogen-bond acceptors (Lipinski definition) is 5. The minimum Gasteiger partial charge on any atom is -0.444 e. The normalized spacial score (nSPS) is 18.7. The van der Waals surface area contributed by atoms with Crippen LogP contribution >= 0.6 is 0 Å². The minimum absolute atomic E-state index is 0.0462. The maximum absolute atomic E-state index is 13.8. The Balaban J connectivity index is 1.46. The molecule has 6 amide bonds. The summed E-state index contributed by atoms with van der Waals surface area (Å²) in [7, 11) is 2.31. The maximum Gasteiger partial charge on any atom is 0.416 e. The van der Waals surface area contributed by atoms with Gasteiger partial charge in [0.15, 0.2) is 0 Å². The smallest absolute Gasteiger partial charge is 0.416 e. The van der Waals surface area contributed by atoms with Gasteiger partial charge in [-0.1, -0.05) is 12.1 Å². The molecule has 2 saturated heterocycles. The Labute approximate surface area is 289 Å². The second-order valence-electron chi connectivity index (χ2n) is 13.5. The summed E-state index contributed by atoms with van der Waals surface area (Å²) < 4.78 is 100. The largest absolute Gasteiger partial charge is 0.444 e. The molecule has 0 saturated carbocycles. The van der Waals surface area contributed by atoms with E-state index in [-0.39, 0.29) is 32.2 Å². The second kappa shape index (κ2) is 14.8. The molecule has 4 rings (SSSR count). The van der Waals surface area contributed by atoms with E-state index in [1.165, 1.54) is 41.1 Å². The molecule has 0 bridgehead atoms. The Hall–Kier alpha value is -4.77. The zero-order valence-electron chi connectivity index (χ0n) is 28.5. The average Bonchev–Trinajstić information content (AvgIpc) is 3.50. The molecule has 2 aliphatic heterocycles. The van der Waals surface area contributed by atoms with Gasteiger partial charge >= 0.3 is 30.5 Å². The van der Waals surface area contributed by atoms with Gasteiger partial charge in [0.25, 0.3) is 0 Å². The molecule has 11 nitrogen and oxygen atoms in total. The van der Waals surface area contributed by atoms with E-state index in [2.05, 4.69) is 10.9 Å². The zero-order valence-corrected chi connectivity index (χ0v) is 28.5. The van der Waals surface area contributed by atoms with Gasteiger partial charge in [0, 0.05) is 57.8 Å². The molecule has 0 spiro atoms. The van der Waals surface area contributed by atoms with E-state index < -0.39 is 82.5 Å². The summed E-state index contributed by atoms with van der Waals surface area (Å²) in [5.74, 6) is -2.24. The highest BCUT2D eigenvalue weighted by Crippen LogP contribution is 2.39. The SMILES string of the molecule is CN(C(=O)N(C)[C@@H]1CN(C(=O)NNC(=O)C2CCN(C(=O)OC(C)(C)C)CC2)C[C@H]1c1ccc(F)cc1)c1cc(C(F)(F)F)cc(C(F)(F)F)c1. The summed E-state index contributed by atoms with van der Waals surface area (Å²) >= 11 is 0. The zero-order chi connectivity index (χ0) is 38.1. The molecule has 2 aromatic rings. The quantitative estimate of drug-likeness (QED) is 0.287. The van der Waals surface area contributed by atoms with Gasteiger partial charge in [-0.15, -0.1) is 0 Å². The number of halogens is 7. The van der Waals surface area contributed by atoms with Crippen molar-refractivity contribution >= 4 is 29.8 Å². The van der Waals surface area contributed by atoms with Crippen LogP contribution in [0.15, 0.2) is 42.5 Å². The number of hydrazine groups is 1. The number of nitrogens with one attached hydrogen (secondary N) is 2. The van der Waals surface area contributed by atoms with E-state index in [1.54, 1.807) is 20.8 Å². The molecule has 51 heavy (non-hydrogen) atoms. The highest BCUT2D eigenvalue weighted by Gasteiger charge is 2.42. The topological polar surface area (TPSA) is 115 Å². The van der Waals surface area contributed by atoms with Crippen molar-refractivity contribution in [2.24, 2.45) is 5.92 Å². The Morgan fingerprint density at radius 1 is 0.804 bits per heavy atom. The number of nitrogens with zero attached hydrogens (tertiary/aromatic N) is 4. The van der Waals surface area contributed by atoms with Crippen LogP contribution in [0.5, 0.6) is 0 Å². The highest BCUT2D eigenvalue weighted by molar-refractivity contribution is 5.92. The van der Waals surface area contributed by atoms with Gasteiger partial charge in [0.1, 0.15) is 11.4 Å². The molecule has 0 aromatic heterocycles. The first kappa shape index (κ1) is 39.0. The van der Waals surface area contributed by atoms with Crippen LogP contribution in [0.4, 0.5) is 50.8 Å². The number of carbonyl (C=O) groups excluding carboxylic acids is 4. The van der Waals surface area contributed by atoms with Crippen molar-refractivity contribution in [1.82, 2.24) is 25.6 Å². The van der Waals surface area contributed by atoms with E-state index in [0.717, 1.165) is 11.9 Å². The first-order valence-corrected chi connectivity index (χ1v) is 15.9. The third kappa shape index (κ3) is 9.72. The molecule has 2 heterocycles. The molecular formula is C33H39F7N6O5. The van der Waals surface area contributed by atoms with Crippen molar-refractivity contribution in [2.75, 3.05) is 45.2 Å². The molecule has 0 unspecified atom stereocenters. The van der Waals surface area contributed by atoms with Gasteiger partial charge < -0.3 is 19.4 Å². The second-order valence-corrected chi connectivity index (χ2v) is 13.5. The van der Waals surface area contributed by atoms with Crippen LogP contribution in [0.3, 0.4) is 0 Å². The van der Waals surface area contributed by atoms with Crippen LogP contribution in [-0.2, 0) is 21.9 Å². The number of urea groups is 2. The van der Waals surface area contributed by atoms with Crippen molar-refractivity contribution in [1.29, 1.82) is 0 Å². The van der Waals surface area contributed by atoms with Gasteiger partial charge in [0.2, 0.25) is 5.91 Å². The van der Waals surface area contributed by atoms with E-state index in [4.69, 9.17) is 4.74 Å². The van der Waals surface area contributed by atoms with Crippen LogP contribution in [0, 0.1) is 11.7 Å². The van der Waals surface area contributed by atoms with E-state index in [0.29, 0.717) is 35.4 Å². The van der Waals surface area contributed by atoms with Gasteiger partial charge in [-0.25, -0.2) is 24.2 Å². The highest BCUT2D eigenvalue weighted by atomic mass is 19.4. The molecule has 0 radical (unpaired) electrons. The Morgan fingerprint density at radius 3 is 1.86 bits per heavy atom. The average molecular weight is 733 g/mol. The van der Waals surface area contributed by atoms with Gasteiger partial charge in [-0.3, -0.25) is 15.1 Å². The summed E-state index contributed by atoms with van der Waals surface area (Å²) in [6, 6.07) is 3.39. The Morgan fingerprint density at radius 2 is 1.35 bits per heavy atom. The predicted octanol–water partition coefficient (Wildman–Crippen LogP) is 6.21. The minimum atomic E-state index is -5.13. The van der Waals surface area contributed by atoms with Crippen molar-refractivity contribution in [2.45, 2.75) is 63.5 Å². The molecule has 2 N–H and O–H groups in total. The summed E-state index contributed by atoms with van der Waals surface area (Å²) in [5, 5.41) is 0.